The maximum atomic E-state index is 12.8. The van der Waals surface area contributed by atoms with Crippen molar-refractivity contribution in [2.24, 2.45) is 5.92 Å². The number of oxazole rings is 1. The standard InChI is InChI=1S/C26H31N5O4/c1-3-30(4-2)15-17-33-21-9-7-20(8-10-21)28-24(32)19-11-13-31(14-12-19)26-22(18-27)29-25(35-26)23-6-5-16-34-23/h5-10,16,19H,3-4,11-15,17H2,1-2H3,(H,28,32). The molecule has 3 heterocycles. The Labute approximate surface area is 205 Å². The van der Waals surface area contributed by atoms with Crippen molar-refractivity contribution in [3.05, 3.63) is 48.4 Å². The fraction of sp³-hybridized carbons (Fsp3) is 0.423. The molecule has 184 valence electrons. The molecule has 9 nitrogen and oxygen atoms in total. The van der Waals surface area contributed by atoms with Gasteiger partial charge in [-0.3, -0.25) is 4.79 Å². The number of nitriles is 1. The van der Waals surface area contributed by atoms with Crippen LogP contribution in [0.4, 0.5) is 11.6 Å². The van der Waals surface area contributed by atoms with Crippen LogP contribution < -0.4 is 15.0 Å². The smallest absolute Gasteiger partial charge is 0.266 e. The summed E-state index contributed by atoms with van der Waals surface area (Å²) in [5.41, 5.74) is 0.970. The molecular weight excluding hydrogens is 446 g/mol. The molecule has 1 amide bonds. The molecule has 1 fully saturated rings. The highest BCUT2D eigenvalue weighted by molar-refractivity contribution is 5.92. The van der Waals surface area contributed by atoms with E-state index < -0.39 is 0 Å². The number of piperidine rings is 1. The number of hydrogen-bond acceptors (Lipinski definition) is 8. The predicted molar refractivity (Wildman–Crippen MR) is 132 cm³/mol. The first kappa shape index (κ1) is 24.4. The number of aromatic nitrogens is 1. The van der Waals surface area contributed by atoms with Gasteiger partial charge in [0.1, 0.15) is 18.4 Å². The molecule has 1 aromatic carbocycles. The van der Waals surface area contributed by atoms with Gasteiger partial charge >= 0.3 is 0 Å². The van der Waals surface area contributed by atoms with E-state index in [-0.39, 0.29) is 23.4 Å². The number of nitrogens with zero attached hydrogens (tertiary/aromatic N) is 4. The second-order valence-corrected chi connectivity index (χ2v) is 8.41. The van der Waals surface area contributed by atoms with Gasteiger partial charge in [0.2, 0.25) is 17.5 Å². The van der Waals surface area contributed by atoms with Crippen molar-refractivity contribution < 1.29 is 18.4 Å². The quantitative estimate of drug-likeness (QED) is 0.458. The lowest BCUT2D eigenvalue weighted by atomic mass is 9.96. The zero-order valence-corrected chi connectivity index (χ0v) is 20.2. The van der Waals surface area contributed by atoms with E-state index in [1.54, 1.807) is 12.1 Å². The average Bonchev–Trinajstić information content (AvgIpc) is 3.58. The van der Waals surface area contributed by atoms with E-state index in [1.165, 1.54) is 6.26 Å². The minimum atomic E-state index is -0.116. The Hall–Kier alpha value is -3.77. The lowest BCUT2D eigenvalue weighted by Gasteiger charge is -2.30. The summed E-state index contributed by atoms with van der Waals surface area (Å²) in [7, 11) is 0. The topological polar surface area (TPSA) is 108 Å². The Balaban J connectivity index is 1.27. The van der Waals surface area contributed by atoms with Crippen LogP contribution in [0.5, 0.6) is 5.75 Å². The Bertz CT molecular complexity index is 1120. The van der Waals surface area contributed by atoms with Crippen molar-refractivity contribution in [2.45, 2.75) is 26.7 Å². The number of ether oxygens (including phenoxy) is 1. The zero-order valence-electron chi connectivity index (χ0n) is 20.2. The summed E-state index contributed by atoms with van der Waals surface area (Å²) < 4.78 is 17.0. The maximum absolute atomic E-state index is 12.8. The number of carbonyl (C=O) groups is 1. The van der Waals surface area contributed by atoms with Gasteiger partial charge in [0.15, 0.2) is 5.76 Å². The second-order valence-electron chi connectivity index (χ2n) is 8.41. The largest absolute Gasteiger partial charge is 0.492 e. The van der Waals surface area contributed by atoms with E-state index in [0.717, 1.165) is 31.1 Å². The van der Waals surface area contributed by atoms with Gasteiger partial charge in [0.05, 0.1) is 6.26 Å². The molecule has 35 heavy (non-hydrogen) atoms. The molecule has 1 saturated heterocycles. The number of likely N-dealkylation sites (N-methyl/N-ethyl adjacent to an activating group) is 1. The Kier molecular flexibility index (Phi) is 8.06. The van der Waals surface area contributed by atoms with Crippen molar-refractivity contribution in [3.63, 3.8) is 0 Å². The lowest BCUT2D eigenvalue weighted by molar-refractivity contribution is -0.120. The van der Waals surface area contributed by atoms with Gasteiger partial charge in [-0.1, -0.05) is 13.8 Å². The van der Waals surface area contributed by atoms with Crippen molar-refractivity contribution in [1.82, 2.24) is 9.88 Å². The summed E-state index contributed by atoms with van der Waals surface area (Å²) in [6, 6.07) is 13.1. The minimum absolute atomic E-state index is 0.00537. The predicted octanol–water partition coefficient (Wildman–Crippen LogP) is 4.38. The third-order valence-corrected chi connectivity index (χ3v) is 6.29. The van der Waals surface area contributed by atoms with E-state index in [1.807, 2.05) is 29.2 Å². The molecule has 0 aliphatic carbocycles. The van der Waals surface area contributed by atoms with Crippen molar-refractivity contribution in [3.8, 4) is 23.5 Å². The van der Waals surface area contributed by atoms with Gasteiger partial charge in [-0.05, 0) is 62.3 Å². The van der Waals surface area contributed by atoms with Crippen molar-refractivity contribution in [1.29, 1.82) is 5.26 Å². The van der Waals surface area contributed by atoms with E-state index in [9.17, 15) is 10.1 Å². The van der Waals surface area contributed by atoms with E-state index in [4.69, 9.17) is 13.6 Å². The zero-order chi connectivity index (χ0) is 24.6. The maximum Gasteiger partial charge on any atom is 0.266 e. The monoisotopic (exact) mass is 477 g/mol. The number of nitrogens with one attached hydrogen (secondary N) is 1. The second kappa shape index (κ2) is 11.6. The molecule has 9 heteroatoms. The molecule has 1 N–H and O–H groups in total. The van der Waals surface area contributed by atoms with Gasteiger partial charge < -0.3 is 28.7 Å². The molecule has 2 aromatic heterocycles. The van der Waals surface area contributed by atoms with Crippen molar-refractivity contribution in [2.75, 3.05) is 49.5 Å². The number of furan rings is 1. The lowest BCUT2D eigenvalue weighted by Crippen LogP contribution is -2.38. The number of hydrogen-bond donors (Lipinski definition) is 1. The summed E-state index contributed by atoms with van der Waals surface area (Å²) in [4.78, 5) is 21.3. The first-order valence-electron chi connectivity index (χ1n) is 12.1. The molecule has 0 saturated carbocycles. The van der Waals surface area contributed by atoms with Gasteiger partial charge in [-0.2, -0.15) is 10.2 Å². The summed E-state index contributed by atoms with van der Waals surface area (Å²) in [6.07, 6.45) is 2.84. The molecule has 0 atom stereocenters. The van der Waals surface area contributed by atoms with Gasteiger partial charge in [-0.15, -0.1) is 0 Å². The van der Waals surface area contributed by atoms with E-state index >= 15 is 0 Å². The molecule has 3 aromatic rings. The first-order valence-corrected chi connectivity index (χ1v) is 12.1. The molecule has 1 aliphatic rings. The summed E-state index contributed by atoms with van der Waals surface area (Å²) in [5.74, 6) is 1.85. The van der Waals surface area contributed by atoms with Crippen molar-refractivity contribution >= 4 is 17.5 Å². The van der Waals surface area contributed by atoms with Crippen LogP contribution >= 0.6 is 0 Å². The Morgan fingerprint density at radius 1 is 1.23 bits per heavy atom. The van der Waals surface area contributed by atoms with Crippen LogP contribution in [-0.2, 0) is 4.79 Å². The number of carbonyl (C=O) groups excluding carboxylic acids is 1. The molecule has 0 bridgehead atoms. The third kappa shape index (κ3) is 6.03. The van der Waals surface area contributed by atoms with E-state index in [0.29, 0.717) is 44.2 Å². The molecule has 0 unspecified atom stereocenters. The highest BCUT2D eigenvalue weighted by Crippen LogP contribution is 2.31. The van der Waals surface area contributed by atoms with E-state index in [2.05, 4.69) is 35.1 Å². The van der Waals surface area contributed by atoms with Crippen LogP contribution in [0.15, 0.2) is 51.5 Å². The number of anilines is 2. The fourth-order valence-corrected chi connectivity index (χ4v) is 4.16. The van der Waals surface area contributed by atoms with Crippen LogP contribution in [0.1, 0.15) is 32.4 Å². The van der Waals surface area contributed by atoms with Crippen LogP contribution in [0.2, 0.25) is 0 Å². The molecular formula is C26H31N5O4. The highest BCUT2D eigenvalue weighted by atomic mass is 16.5. The molecule has 0 radical (unpaired) electrons. The Morgan fingerprint density at radius 2 is 1.97 bits per heavy atom. The average molecular weight is 478 g/mol. The molecule has 1 aliphatic heterocycles. The number of amides is 1. The number of benzene rings is 1. The summed E-state index contributed by atoms with van der Waals surface area (Å²) in [6.45, 7) is 9.01. The van der Waals surface area contributed by atoms with Crippen LogP contribution in [0.3, 0.4) is 0 Å². The summed E-state index contributed by atoms with van der Waals surface area (Å²) >= 11 is 0. The molecule has 0 spiro atoms. The highest BCUT2D eigenvalue weighted by Gasteiger charge is 2.29. The minimum Gasteiger partial charge on any atom is -0.492 e. The Morgan fingerprint density at radius 3 is 2.60 bits per heavy atom. The van der Waals surface area contributed by atoms with Crippen LogP contribution in [0, 0.1) is 17.2 Å². The van der Waals surface area contributed by atoms with Gasteiger partial charge in [-0.25, -0.2) is 0 Å². The van der Waals surface area contributed by atoms with Crippen LogP contribution in [-0.4, -0.2) is 55.1 Å². The normalized spacial score (nSPS) is 14.2. The number of rotatable bonds is 10. The summed E-state index contributed by atoms with van der Waals surface area (Å²) in [5, 5.41) is 12.5. The molecule has 4 rings (SSSR count). The first-order chi connectivity index (χ1) is 17.1. The van der Waals surface area contributed by atoms with Gasteiger partial charge in [0.25, 0.3) is 5.89 Å². The van der Waals surface area contributed by atoms with Gasteiger partial charge in [0, 0.05) is 31.2 Å². The third-order valence-electron chi connectivity index (χ3n) is 6.29. The van der Waals surface area contributed by atoms with Crippen LogP contribution in [0.25, 0.3) is 11.7 Å². The fourth-order valence-electron chi connectivity index (χ4n) is 4.16. The SMILES string of the molecule is CCN(CC)CCOc1ccc(NC(=O)C2CCN(c3oc(-c4ccco4)nc3C#N)CC2)cc1.